The first-order valence-corrected chi connectivity index (χ1v) is 6.25. The van der Waals surface area contributed by atoms with Crippen molar-refractivity contribution >= 4 is 0 Å². The molecule has 1 aromatic carbocycles. The van der Waals surface area contributed by atoms with Gasteiger partial charge in [0.2, 0.25) is 0 Å². The van der Waals surface area contributed by atoms with Crippen molar-refractivity contribution in [2.45, 2.75) is 26.4 Å². The van der Waals surface area contributed by atoms with Crippen LogP contribution in [0.3, 0.4) is 0 Å². The summed E-state index contributed by atoms with van der Waals surface area (Å²) in [6.45, 7) is 10.6. The summed E-state index contributed by atoms with van der Waals surface area (Å²) in [5.74, 6) is 0. The molecule has 1 rings (SSSR count). The maximum atomic E-state index is 5.92. The van der Waals surface area contributed by atoms with Gasteiger partial charge >= 0.3 is 0 Å². The Bertz CT molecular complexity index is 321. The molecule has 0 aliphatic heterocycles. The van der Waals surface area contributed by atoms with Crippen LogP contribution in [0.1, 0.15) is 31.9 Å². The van der Waals surface area contributed by atoms with Gasteiger partial charge in [0, 0.05) is 6.54 Å². The van der Waals surface area contributed by atoms with Gasteiger partial charge in [-0.3, -0.25) is 0 Å². The molecule has 0 fully saturated rings. The van der Waals surface area contributed by atoms with Gasteiger partial charge in [0.1, 0.15) is 0 Å². The highest BCUT2D eigenvalue weighted by molar-refractivity contribution is 5.17. The molecule has 1 atom stereocenters. The lowest BCUT2D eigenvalue weighted by Gasteiger charge is -2.18. The van der Waals surface area contributed by atoms with Gasteiger partial charge in [0.25, 0.3) is 0 Å². The van der Waals surface area contributed by atoms with Crippen LogP contribution >= 0.6 is 0 Å². The Morgan fingerprint density at radius 1 is 1.35 bits per heavy atom. The fraction of sp³-hybridized carbons (Fsp3) is 0.467. The summed E-state index contributed by atoms with van der Waals surface area (Å²) < 4.78 is 5.92. The lowest BCUT2D eigenvalue weighted by Crippen LogP contribution is -2.23. The minimum atomic E-state index is 0.135. The molecule has 94 valence electrons. The molecule has 0 spiro atoms. The average molecular weight is 233 g/mol. The van der Waals surface area contributed by atoms with Crippen LogP contribution in [0.4, 0.5) is 0 Å². The van der Waals surface area contributed by atoms with E-state index in [2.05, 4.69) is 43.1 Å². The molecular weight excluding hydrogens is 210 g/mol. The van der Waals surface area contributed by atoms with Gasteiger partial charge in [-0.25, -0.2) is 0 Å². The van der Waals surface area contributed by atoms with Gasteiger partial charge in [-0.15, -0.1) is 6.58 Å². The molecule has 17 heavy (non-hydrogen) atoms. The van der Waals surface area contributed by atoms with Crippen molar-refractivity contribution in [3.8, 4) is 0 Å². The number of rotatable bonds is 8. The van der Waals surface area contributed by atoms with Gasteiger partial charge in [-0.05, 0) is 25.5 Å². The fourth-order valence-corrected chi connectivity index (χ4v) is 1.59. The van der Waals surface area contributed by atoms with E-state index >= 15 is 0 Å². The van der Waals surface area contributed by atoms with E-state index in [9.17, 15) is 0 Å². The van der Waals surface area contributed by atoms with Crippen LogP contribution in [0.2, 0.25) is 0 Å². The van der Waals surface area contributed by atoms with Crippen LogP contribution in [0.5, 0.6) is 0 Å². The van der Waals surface area contributed by atoms with E-state index < -0.39 is 0 Å². The van der Waals surface area contributed by atoms with Crippen molar-refractivity contribution < 1.29 is 4.74 Å². The predicted molar refractivity (Wildman–Crippen MR) is 73.1 cm³/mol. The predicted octanol–water partition coefficient (Wildman–Crippen LogP) is 3.32. The first-order valence-electron chi connectivity index (χ1n) is 6.25. The summed E-state index contributed by atoms with van der Waals surface area (Å²) in [5, 5.41) is 3.34. The van der Waals surface area contributed by atoms with E-state index in [1.54, 1.807) is 0 Å². The number of nitrogens with one attached hydrogen (secondary N) is 1. The van der Waals surface area contributed by atoms with Crippen LogP contribution in [-0.2, 0) is 4.74 Å². The molecule has 0 saturated heterocycles. The first-order chi connectivity index (χ1) is 8.24. The molecule has 1 aromatic rings. The summed E-state index contributed by atoms with van der Waals surface area (Å²) in [4.78, 5) is 0. The Morgan fingerprint density at radius 3 is 2.65 bits per heavy atom. The number of hydrogen-bond acceptors (Lipinski definition) is 2. The molecule has 0 bridgehead atoms. The van der Waals surface area contributed by atoms with E-state index in [1.165, 1.54) is 11.1 Å². The molecule has 0 heterocycles. The average Bonchev–Trinajstić information content (AvgIpc) is 2.34. The van der Waals surface area contributed by atoms with Crippen molar-refractivity contribution in [1.82, 2.24) is 5.32 Å². The smallest absolute Gasteiger partial charge is 0.0949 e. The number of likely N-dealkylation sites (N-methyl/N-ethyl adjacent to an activating group) is 1. The lowest BCUT2D eigenvalue weighted by atomic mass is 10.1. The molecule has 1 unspecified atom stereocenters. The Morgan fingerprint density at radius 2 is 2.06 bits per heavy atom. The molecule has 0 aliphatic carbocycles. The molecule has 0 radical (unpaired) electrons. The van der Waals surface area contributed by atoms with E-state index in [-0.39, 0.29) is 6.10 Å². The molecule has 2 nitrogen and oxygen atoms in total. The second kappa shape index (κ2) is 8.04. The van der Waals surface area contributed by atoms with Gasteiger partial charge in [0.15, 0.2) is 0 Å². The SMILES string of the molecule is C=C(C)CCOC(CNCC)c1ccccc1. The van der Waals surface area contributed by atoms with Crippen molar-refractivity contribution in [3.05, 3.63) is 48.0 Å². The molecular formula is C15H23NO. The van der Waals surface area contributed by atoms with Crippen LogP contribution in [0, 0.1) is 0 Å². The van der Waals surface area contributed by atoms with Crippen LogP contribution in [0.25, 0.3) is 0 Å². The summed E-state index contributed by atoms with van der Waals surface area (Å²) >= 11 is 0. The normalized spacial score (nSPS) is 12.4. The molecule has 2 heteroatoms. The van der Waals surface area contributed by atoms with Gasteiger partial charge in [-0.2, -0.15) is 0 Å². The highest BCUT2D eigenvalue weighted by atomic mass is 16.5. The minimum Gasteiger partial charge on any atom is -0.372 e. The summed E-state index contributed by atoms with van der Waals surface area (Å²) in [7, 11) is 0. The largest absolute Gasteiger partial charge is 0.372 e. The topological polar surface area (TPSA) is 21.3 Å². The summed E-state index contributed by atoms with van der Waals surface area (Å²) in [6.07, 6.45) is 1.06. The highest BCUT2D eigenvalue weighted by Gasteiger charge is 2.10. The quantitative estimate of drug-likeness (QED) is 0.695. The third kappa shape index (κ3) is 5.66. The highest BCUT2D eigenvalue weighted by Crippen LogP contribution is 2.17. The molecule has 0 aromatic heterocycles. The van der Waals surface area contributed by atoms with Crippen LogP contribution in [0.15, 0.2) is 42.5 Å². The second-order valence-electron chi connectivity index (χ2n) is 4.28. The lowest BCUT2D eigenvalue weighted by molar-refractivity contribution is 0.0551. The third-order valence-corrected chi connectivity index (χ3v) is 2.60. The number of benzene rings is 1. The van der Waals surface area contributed by atoms with Gasteiger partial charge < -0.3 is 10.1 Å². The zero-order chi connectivity index (χ0) is 12.5. The zero-order valence-corrected chi connectivity index (χ0v) is 10.9. The monoisotopic (exact) mass is 233 g/mol. The Kier molecular flexibility index (Phi) is 6.60. The maximum Gasteiger partial charge on any atom is 0.0949 e. The van der Waals surface area contributed by atoms with Crippen molar-refractivity contribution in [2.75, 3.05) is 19.7 Å². The molecule has 0 saturated carbocycles. The second-order valence-corrected chi connectivity index (χ2v) is 4.28. The standard InChI is InChI=1S/C15H23NO/c1-4-16-12-15(17-11-10-13(2)3)14-8-6-5-7-9-14/h5-9,15-16H,2,4,10-12H2,1,3H3. The Balaban J connectivity index is 2.51. The Labute approximate surface area is 105 Å². The molecule has 0 amide bonds. The summed E-state index contributed by atoms with van der Waals surface area (Å²) in [6, 6.07) is 10.4. The fourth-order valence-electron chi connectivity index (χ4n) is 1.59. The van der Waals surface area contributed by atoms with E-state index in [1.807, 2.05) is 13.0 Å². The molecule has 0 aliphatic rings. The third-order valence-electron chi connectivity index (χ3n) is 2.60. The summed E-state index contributed by atoms with van der Waals surface area (Å²) in [5.41, 5.74) is 2.40. The van der Waals surface area contributed by atoms with Crippen molar-refractivity contribution in [1.29, 1.82) is 0 Å². The molecule has 1 N–H and O–H groups in total. The van der Waals surface area contributed by atoms with Crippen LogP contribution < -0.4 is 5.32 Å². The number of hydrogen-bond donors (Lipinski definition) is 1. The van der Waals surface area contributed by atoms with E-state index in [4.69, 9.17) is 4.74 Å². The number of ether oxygens (including phenoxy) is 1. The zero-order valence-electron chi connectivity index (χ0n) is 10.9. The van der Waals surface area contributed by atoms with E-state index in [0.29, 0.717) is 0 Å². The maximum absolute atomic E-state index is 5.92. The first kappa shape index (κ1) is 13.9. The van der Waals surface area contributed by atoms with E-state index in [0.717, 1.165) is 26.1 Å². The minimum absolute atomic E-state index is 0.135. The van der Waals surface area contributed by atoms with Gasteiger partial charge in [-0.1, -0.05) is 42.8 Å². The van der Waals surface area contributed by atoms with Gasteiger partial charge in [0.05, 0.1) is 12.7 Å². The van der Waals surface area contributed by atoms with Crippen LogP contribution in [-0.4, -0.2) is 19.7 Å². The Hall–Kier alpha value is -1.12. The van der Waals surface area contributed by atoms with Crippen molar-refractivity contribution in [3.63, 3.8) is 0 Å². The van der Waals surface area contributed by atoms with Crippen molar-refractivity contribution in [2.24, 2.45) is 0 Å².